The van der Waals surface area contributed by atoms with Crippen molar-refractivity contribution in [2.24, 2.45) is 0 Å². The highest BCUT2D eigenvalue weighted by Crippen LogP contribution is 2.29. The fraction of sp³-hybridized carbons (Fsp3) is 0.235. The molecule has 0 aliphatic carbocycles. The SMILES string of the molecule is CN(CC(=O)Nc1c(Cl)cccc1Cl)C(=O)CCC(=O)c1cccs1. The number of carbonyl (C=O) groups is 3. The molecule has 0 aliphatic rings. The van der Waals surface area contributed by atoms with Crippen LogP contribution < -0.4 is 5.32 Å². The molecule has 0 unspecified atom stereocenters. The monoisotopic (exact) mass is 398 g/mol. The van der Waals surface area contributed by atoms with Crippen LogP contribution in [0.3, 0.4) is 0 Å². The Kier molecular flexibility index (Phi) is 6.99. The molecule has 25 heavy (non-hydrogen) atoms. The summed E-state index contributed by atoms with van der Waals surface area (Å²) in [5, 5.41) is 5.03. The van der Waals surface area contributed by atoms with Gasteiger partial charge in [0.25, 0.3) is 0 Å². The largest absolute Gasteiger partial charge is 0.336 e. The summed E-state index contributed by atoms with van der Waals surface area (Å²) in [5.74, 6) is -0.787. The van der Waals surface area contributed by atoms with E-state index < -0.39 is 5.91 Å². The molecule has 8 heteroatoms. The minimum Gasteiger partial charge on any atom is -0.336 e. The second-order valence-electron chi connectivity index (χ2n) is 5.30. The van der Waals surface area contributed by atoms with E-state index in [1.54, 1.807) is 30.3 Å². The Morgan fingerprint density at radius 1 is 1.08 bits per heavy atom. The number of thiophene rings is 1. The van der Waals surface area contributed by atoms with Gasteiger partial charge in [-0.2, -0.15) is 0 Å². The van der Waals surface area contributed by atoms with Crippen LogP contribution in [0.5, 0.6) is 0 Å². The number of benzene rings is 1. The number of carbonyl (C=O) groups excluding carboxylic acids is 3. The van der Waals surface area contributed by atoms with Gasteiger partial charge in [-0.05, 0) is 23.6 Å². The molecule has 1 aromatic heterocycles. The summed E-state index contributed by atoms with van der Waals surface area (Å²) in [5.41, 5.74) is 0.310. The normalized spacial score (nSPS) is 10.4. The molecule has 0 saturated heterocycles. The highest BCUT2D eigenvalue weighted by molar-refractivity contribution is 7.12. The molecular formula is C17H16Cl2N2O3S. The molecule has 5 nitrogen and oxygen atoms in total. The molecule has 0 saturated carbocycles. The van der Waals surface area contributed by atoms with Crippen LogP contribution in [0.4, 0.5) is 5.69 Å². The van der Waals surface area contributed by atoms with Crippen LogP contribution in [-0.2, 0) is 9.59 Å². The Morgan fingerprint density at radius 2 is 1.76 bits per heavy atom. The number of halogens is 2. The van der Waals surface area contributed by atoms with E-state index in [-0.39, 0.29) is 31.1 Å². The molecule has 1 aromatic carbocycles. The first-order valence-corrected chi connectivity index (χ1v) is 9.06. The first-order valence-electron chi connectivity index (χ1n) is 7.43. The van der Waals surface area contributed by atoms with Crippen LogP contribution >= 0.6 is 34.5 Å². The molecule has 0 fully saturated rings. The van der Waals surface area contributed by atoms with Crippen molar-refractivity contribution in [3.05, 3.63) is 50.6 Å². The minimum atomic E-state index is -0.421. The lowest BCUT2D eigenvalue weighted by atomic mass is 10.2. The highest BCUT2D eigenvalue weighted by Gasteiger charge is 2.17. The smallest absolute Gasteiger partial charge is 0.244 e. The number of para-hydroxylation sites is 1. The Labute approximate surface area is 159 Å². The van der Waals surface area contributed by atoms with Crippen LogP contribution in [0.1, 0.15) is 22.5 Å². The van der Waals surface area contributed by atoms with Gasteiger partial charge in [-0.15, -0.1) is 11.3 Å². The first-order chi connectivity index (χ1) is 11.9. The van der Waals surface area contributed by atoms with Gasteiger partial charge in [0, 0.05) is 19.9 Å². The second kappa shape index (κ2) is 8.99. The first kappa shape index (κ1) is 19.4. The zero-order valence-corrected chi connectivity index (χ0v) is 15.7. The van der Waals surface area contributed by atoms with Crippen molar-refractivity contribution < 1.29 is 14.4 Å². The number of hydrogen-bond donors (Lipinski definition) is 1. The van der Waals surface area contributed by atoms with Gasteiger partial charge in [0.1, 0.15) is 0 Å². The molecule has 0 bridgehead atoms. The van der Waals surface area contributed by atoms with E-state index in [0.29, 0.717) is 20.6 Å². The molecule has 2 aromatic rings. The highest BCUT2D eigenvalue weighted by atomic mass is 35.5. The van der Waals surface area contributed by atoms with E-state index in [4.69, 9.17) is 23.2 Å². The summed E-state index contributed by atoms with van der Waals surface area (Å²) >= 11 is 13.3. The number of nitrogens with zero attached hydrogens (tertiary/aromatic N) is 1. The maximum atomic E-state index is 12.1. The van der Waals surface area contributed by atoms with Gasteiger partial charge in [0.05, 0.1) is 27.2 Å². The number of amides is 2. The zero-order valence-electron chi connectivity index (χ0n) is 13.4. The molecule has 132 valence electrons. The fourth-order valence-corrected chi connectivity index (χ4v) is 3.26. The molecule has 0 radical (unpaired) electrons. The van der Waals surface area contributed by atoms with Crippen LogP contribution in [0.2, 0.25) is 10.0 Å². The predicted molar refractivity (Wildman–Crippen MR) is 101 cm³/mol. The molecular weight excluding hydrogens is 383 g/mol. The van der Waals surface area contributed by atoms with Gasteiger partial charge in [-0.1, -0.05) is 35.3 Å². The van der Waals surface area contributed by atoms with Crippen molar-refractivity contribution in [2.45, 2.75) is 12.8 Å². The fourth-order valence-electron chi connectivity index (χ4n) is 2.07. The van der Waals surface area contributed by atoms with Crippen molar-refractivity contribution in [1.29, 1.82) is 0 Å². The zero-order chi connectivity index (χ0) is 18.4. The average molecular weight is 399 g/mol. The van der Waals surface area contributed by atoms with Gasteiger partial charge in [-0.3, -0.25) is 14.4 Å². The standard InChI is InChI=1S/C17H16Cl2N2O3S/c1-21(16(24)8-7-13(22)14-6-3-9-25-14)10-15(23)20-17-11(18)4-2-5-12(17)19/h2-6,9H,7-8,10H2,1H3,(H,20,23). The van der Waals surface area contributed by atoms with Crippen LogP contribution in [0, 0.1) is 0 Å². The molecule has 1 N–H and O–H groups in total. The Bertz CT molecular complexity index is 758. The third-order valence-corrected chi connectivity index (χ3v) is 4.94. The van der Waals surface area contributed by atoms with E-state index in [1.807, 2.05) is 5.38 Å². The number of anilines is 1. The summed E-state index contributed by atoms with van der Waals surface area (Å²) in [4.78, 5) is 37.9. The van der Waals surface area contributed by atoms with Gasteiger partial charge < -0.3 is 10.2 Å². The summed E-state index contributed by atoms with van der Waals surface area (Å²) in [6.07, 6.45) is 0.162. The van der Waals surface area contributed by atoms with Gasteiger partial charge in [0.2, 0.25) is 11.8 Å². The molecule has 1 heterocycles. The summed E-state index contributed by atoms with van der Waals surface area (Å²) in [6, 6.07) is 8.39. The van der Waals surface area contributed by atoms with Crippen LogP contribution in [0.15, 0.2) is 35.7 Å². The number of nitrogens with one attached hydrogen (secondary N) is 1. The molecule has 0 aliphatic heterocycles. The lowest BCUT2D eigenvalue weighted by Gasteiger charge is -2.17. The Morgan fingerprint density at radius 3 is 2.36 bits per heavy atom. The molecule has 0 spiro atoms. The number of likely N-dealkylation sites (N-methyl/N-ethyl adjacent to an activating group) is 1. The summed E-state index contributed by atoms with van der Waals surface area (Å²) < 4.78 is 0. The minimum absolute atomic E-state index is 0.0490. The average Bonchev–Trinajstić information content (AvgIpc) is 3.10. The van der Waals surface area contributed by atoms with Gasteiger partial charge in [-0.25, -0.2) is 0 Å². The molecule has 2 amide bonds. The van der Waals surface area contributed by atoms with E-state index in [9.17, 15) is 14.4 Å². The second-order valence-corrected chi connectivity index (χ2v) is 7.06. The lowest BCUT2D eigenvalue weighted by molar-refractivity contribution is -0.133. The predicted octanol–water partition coefficient (Wildman–Crippen LogP) is 4.11. The van der Waals surface area contributed by atoms with E-state index in [1.165, 1.54) is 23.3 Å². The van der Waals surface area contributed by atoms with Crippen molar-refractivity contribution >= 4 is 57.8 Å². The third-order valence-electron chi connectivity index (χ3n) is 3.40. The number of rotatable bonds is 7. The van der Waals surface area contributed by atoms with Gasteiger partial charge >= 0.3 is 0 Å². The summed E-state index contributed by atoms with van der Waals surface area (Å²) in [7, 11) is 1.51. The van der Waals surface area contributed by atoms with Crippen molar-refractivity contribution in [3.63, 3.8) is 0 Å². The number of Topliss-reactive ketones (excluding diaryl/α,β-unsaturated/α-hetero) is 1. The maximum absolute atomic E-state index is 12.1. The Balaban J connectivity index is 1.84. The van der Waals surface area contributed by atoms with Crippen LogP contribution in [0.25, 0.3) is 0 Å². The van der Waals surface area contributed by atoms with E-state index in [2.05, 4.69) is 5.32 Å². The quantitative estimate of drug-likeness (QED) is 0.713. The van der Waals surface area contributed by atoms with Crippen molar-refractivity contribution in [3.8, 4) is 0 Å². The van der Waals surface area contributed by atoms with Gasteiger partial charge in [0.15, 0.2) is 5.78 Å². The van der Waals surface area contributed by atoms with Crippen molar-refractivity contribution in [1.82, 2.24) is 4.90 Å². The number of hydrogen-bond acceptors (Lipinski definition) is 4. The lowest BCUT2D eigenvalue weighted by Crippen LogP contribution is -2.35. The van der Waals surface area contributed by atoms with E-state index >= 15 is 0 Å². The summed E-state index contributed by atoms with van der Waals surface area (Å²) in [6.45, 7) is -0.159. The van der Waals surface area contributed by atoms with Crippen molar-refractivity contribution in [2.75, 3.05) is 18.9 Å². The van der Waals surface area contributed by atoms with Crippen LogP contribution in [-0.4, -0.2) is 36.1 Å². The Hall–Kier alpha value is -1.89. The van der Waals surface area contributed by atoms with E-state index in [0.717, 1.165) is 0 Å². The topological polar surface area (TPSA) is 66.5 Å². The molecule has 0 atom stereocenters. The third kappa shape index (κ3) is 5.56. The molecule has 2 rings (SSSR count). The maximum Gasteiger partial charge on any atom is 0.244 e. The number of ketones is 1.